The van der Waals surface area contributed by atoms with E-state index < -0.39 is 17.7 Å². The van der Waals surface area contributed by atoms with E-state index in [0.29, 0.717) is 0 Å². The van der Waals surface area contributed by atoms with Gasteiger partial charge < -0.3 is 10.4 Å². The van der Waals surface area contributed by atoms with Crippen LogP contribution in [0.2, 0.25) is 0 Å². The Morgan fingerprint density at radius 1 is 1.29 bits per heavy atom. The van der Waals surface area contributed by atoms with Crippen LogP contribution in [0.25, 0.3) is 0 Å². The second kappa shape index (κ2) is 5.53. The van der Waals surface area contributed by atoms with Crippen LogP contribution in [0.1, 0.15) is 11.6 Å². The second-order valence-electron chi connectivity index (χ2n) is 4.15. The molecule has 1 aliphatic rings. The molecule has 1 aromatic carbocycles. The summed E-state index contributed by atoms with van der Waals surface area (Å²) in [5.41, 5.74) is 0.231. The van der Waals surface area contributed by atoms with E-state index in [0.717, 1.165) is 44.4 Å². The summed E-state index contributed by atoms with van der Waals surface area (Å²) in [5.74, 6) is -0.945. The number of hydrogen-bond acceptors (Lipinski definition) is 3. The smallest absolute Gasteiger partial charge is 0.128 e. The monoisotopic (exact) mass is 242 g/mol. The highest BCUT2D eigenvalue weighted by molar-refractivity contribution is 5.22. The van der Waals surface area contributed by atoms with Gasteiger partial charge in [-0.2, -0.15) is 0 Å². The topological polar surface area (TPSA) is 35.5 Å². The number of nitrogens with one attached hydrogen (secondary N) is 1. The van der Waals surface area contributed by atoms with Gasteiger partial charge in [0.25, 0.3) is 0 Å². The molecule has 0 unspecified atom stereocenters. The Morgan fingerprint density at radius 3 is 2.65 bits per heavy atom. The van der Waals surface area contributed by atoms with Crippen molar-refractivity contribution in [1.82, 2.24) is 10.2 Å². The first-order valence-electron chi connectivity index (χ1n) is 5.73. The lowest BCUT2D eigenvalue weighted by molar-refractivity contribution is 0.108. The average molecular weight is 242 g/mol. The molecule has 0 bridgehead atoms. The molecule has 5 heteroatoms. The molecule has 1 aliphatic heterocycles. The van der Waals surface area contributed by atoms with Gasteiger partial charge in [-0.25, -0.2) is 8.78 Å². The highest BCUT2D eigenvalue weighted by Gasteiger charge is 2.24. The van der Waals surface area contributed by atoms with E-state index in [4.69, 9.17) is 0 Å². The Labute approximate surface area is 99.1 Å². The lowest BCUT2D eigenvalue weighted by atomic mass is 10.0. The molecule has 1 atom stereocenters. The molecule has 0 amide bonds. The molecule has 0 aromatic heterocycles. The molecule has 1 fully saturated rings. The van der Waals surface area contributed by atoms with Crippen LogP contribution in [0.3, 0.4) is 0 Å². The summed E-state index contributed by atoms with van der Waals surface area (Å²) in [6.45, 7) is 2.84. The molecule has 0 aliphatic carbocycles. The Balaban J connectivity index is 2.24. The third kappa shape index (κ3) is 2.80. The fraction of sp³-hybridized carbons (Fsp3) is 0.500. The number of nitrogens with zero attached hydrogens (tertiary/aromatic N) is 1. The summed E-state index contributed by atoms with van der Waals surface area (Å²) >= 11 is 0. The van der Waals surface area contributed by atoms with Crippen LogP contribution in [0.5, 0.6) is 0 Å². The minimum atomic E-state index is -0.477. The molecule has 0 saturated carbocycles. The summed E-state index contributed by atoms with van der Waals surface area (Å²) in [6.07, 6.45) is 0. The number of benzene rings is 1. The molecule has 1 aromatic rings. The normalized spacial score (nSPS) is 19.2. The van der Waals surface area contributed by atoms with Crippen LogP contribution in [0, 0.1) is 11.6 Å². The van der Waals surface area contributed by atoms with Gasteiger partial charge in [0.05, 0.1) is 12.6 Å². The van der Waals surface area contributed by atoms with Crippen LogP contribution in [0.15, 0.2) is 18.2 Å². The predicted octanol–water partition coefficient (Wildman–Crippen LogP) is 0.903. The van der Waals surface area contributed by atoms with E-state index in [1.807, 2.05) is 4.90 Å². The van der Waals surface area contributed by atoms with Gasteiger partial charge in [0.1, 0.15) is 11.6 Å². The first kappa shape index (κ1) is 12.4. The highest BCUT2D eigenvalue weighted by Crippen LogP contribution is 2.24. The number of aliphatic hydroxyl groups excluding tert-OH is 1. The van der Waals surface area contributed by atoms with E-state index in [9.17, 15) is 13.9 Å². The zero-order chi connectivity index (χ0) is 12.3. The van der Waals surface area contributed by atoms with Crippen molar-refractivity contribution in [1.29, 1.82) is 0 Å². The van der Waals surface area contributed by atoms with Gasteiger partial charge in [-0.05, 0) is 18.2 Å². The molecular formula is C12H16F2N2O. The quantitative estimate of drug-likeness (QED) is 0.826. The van der Waals surface area contributed by atoms with E-state index >= 15 is 0 Å². The third-order valence-electron chi connectivity index (χ3n) is 3.08. The number of piperazine rings is 1. The zero-order valence-corrected chi connectivity index (χ0v) is 9.50. The van der Waals surface area contributed by atoms with Gasteiger partial charge in [0.15, 0.2) is 0 Å². The van der Waals surface area contributed by atoms with E-state index in [-0.39, 0.29) is 12.2 Å². The van der Waals surface area contributed by atoms with Gasteiger partial charge in [0, 0.05) is 31.7 Å². The van der Waals surface area contributed by atoms with Gasteiger partial charge in [0.2, 0.25) is 0 Å². The molecule has 1 saturated heterocycles. The maximum absolute atomic E-state index is 13.6. The van der Waals surface area contributed by atoms with E-state index in [1.165, 1.54) is 0 Å². The molecule has 1 heterocycles. The summed E-state index contributed by atoms with van der Waals surface area (Å²) < 4.78 is 26.8. The van der Waals surface area contributed by atoms with Crippen LogP contribution in [0.4, 0.5) is 8.78 Å². The second-order valence-corrected chi connectivity index (χ2v) is 4.15. The fourth-order valence-electron chi connectivity index (χ4n) is 2.17. The molecule has 2 rings (SSSR count). The van der Waals surface area contributed by atoms with Crippen molar-refractivity contribution >= 4 is 0 Å². The van der Waals surface area contributed by atoms with Crippen molar-refractivity contribution in [3.05, 3.63) is 35.4 Å². The Hall–Kier alpha value is -1.04. The standard InChI is InChI=1S/C12H16F2N2O/c13-9-1-2-11(14)10(7-9)12(8-17)16-5-3-15-4-6-16/h1-2,7,12,15,17H,3-6,8H2/t12-/m1/s1. The molecule has 0 spiro atoms. The predicted molar refractivity (Wildman–Crippen MR) is 60.6 cm³/mol. The average Bonchev–Trinajstić information content (AvgIpc) is 2.36. The molecule has 2 N–H and O–H groups in total. The summed E-state index contributed by atoms with van der Waals surface area (Å²) in [6, 6.07) is 2.89. The zero-order valence-electron chi connectivity index (χ0n) is 9.50. The largest absolute Gasteiger partial charge is 0.394 e. The van der Waals surface area contributed by atoms with Crippen molar-refractivity contribution < 1.29 is 13.9 Å². The summed E-state index contributed by atoms with van der Waals surface area (Å²) in [7, 11) is 0. The fourth-order valence-corrected chi connectivity index (χ4v) is 2.17. The lowest BCUT2D eigenvalue weighted by Crippen LogP contribution is -2.46. The van der Waals surface area contributed by atoms with Gasteiger partial charge in [-0.15, -0.1) is 0 Å². The minimum Gasteiger partial charge on any atom is -0.394 e. The highest BCUT2D eigenvalue weighted by atomic mass is 19.1. The number of aliphatic hydroxyl groups is 1. The SMILES string of the molecule is OC[C@H](c1cc(F)ccc1F)N1CCNCC1. The Kier molecular flexibility index (Phi) is 4.04. The Morgan fingerprint density at radius 2 is 2.00 bits per heavy atom. The maximum Gasteiger partial charge on any atom is 0.128 e. The van der Waals surface area contributed by atoms with Gasteiger partial charge in [-0.3, -0.25) is 4.90 Å². The van der Waals surface area contributed by atoms with Crippen LogP contribution in [-0.2, 0) is 0 Å². The minimum absolute atomic E-state index is 0.208. The number of rotatable bonds is 3. The van der Waals surface area contributed by atoms with Crippen molar-refractivity contribution in [3.8, 4) is 0 Å². The van der Waals surface area contributed by atoms with E-state index in [1.54, 1.807) is 0 Å². The van der Waals surface area contributed by atoms with E-state index in [2.05, 4.69) is 5.32 Å². The Bertz CT molecular complexity index is 381. The first-order valence-corrected chi connectivity index (χ1v) is 5.73. The van der Waals surface area contributed by atoms with Crippen molar-refractivity contribution in [2.75, 3.05) is 32.8 Å². The van der Waals surface area contributed by atoms with Crippen LogP contribution < -0.4 is 5.32 Å². The van der Waals surface area contributed by atoms with Crippen LogP contribution >= 0.6 is 0 Å². The van der Waals surface area contributed by atoms with Crippen LogP contribution in [-0.4, -0.2) is 42.8 Å². The third-order valence-corrected chi connectivity index (χ3v) is 3.08. The number of hydrogen-bond donors (Lipinski definition) is 2. The molecule has 94 valence electrons. The lowest BCUT2D eigenvalue weighted by Gasteiger charge is -2.34. The number of halogens is 2. The maximum atomic E-state index is 13.6. The van der Waals surface area contributed by atoms with Crippen molar-refractivity contribution in [2.24, 2.45) is 0 Å². The van der Waals surface area contributed by atoms with Gasteiger partial charge in [-0.1, -0.05) is 0 Å². The first-order chi connectivity index (χ1) is 8.22. The molecule has 3 nitrogen and oxygen atoms in total. The van der Waals surface area contributed by atoms with Crippen molar-refractivity contribution in [2.45, 2.75) is 6.04 Å². The molecule has 17 heavy (non-hydrogen) atoms. The summed E-state index contributed by atoms with van der Waals surface area (Å²) in [4.78, 5) is 1.97. The molecular weight excluding hydrogens is 226 g/mol. The van der Waals surface area contributed by atoms with Crippen molar-refractivity contribution in [3.63, 3.8) is 0 Å². The van der Waals surface area contributed by atoms with Gasteiger partial charge >= 0.3 is 0 Å². The summed E-state index contributed by atoms with van der Waals surface area (Å²) in [5, 5.41) is 12.6. The molecule has 0 radical (unpaired) electrons.